The van der Waals surface area contributed by atoms with Crippen molar-refractivity contribution in [2.24, 2.45) is 0 Å². The lowest BCUT2D eigenvalue weighted by atomic mass is 9.86. The predicted molar refractivity (Wildman–Crippen MR) is 102 cm³/mol. The Hall–Kier alpha value is -3.55. The Kier molecular flexibility index (Phi) is 3.71. The topological polar surface area (TPSA) is 103 Å². The van der Waals surface area contributed by atoms with Crippen LogP contribution in [0.2, 0.25) is 0 Å². The number of ketones is 1. The zero-order valence-corrected chi connectivity index (χ0v) is 14.9. The molecule has 142 valence electrons. The van der Waals surface area contributed by atoms with Crippen LogP contribution in [-0.4, -0.2) is 17.5 Å². The van der Waals surface area contributed by atoms with E-state index in [1.165, 1.54) is 6.07 Å². The van der Waals surface area contributed by atoms with Crippen LogP contribution in [0.4, 0.5) is 17.1 Å². The van der Waals surface area contributed by atoms with Gasteiger partial charge in [-0.1, -0.05) is 12.1 Å². The highest BCUT2D eigenvalue weighted by Gasteiger charge is 2.37. The molecule has 0 bridgehead atoms. The Bertz CT molecular complexity index is 1050. The molecular weight excluding hydrogens is 362 g/mol. The molecule has 3 aliphatic rings. The average Bonchev–Trinajstić information content (AvgIpc) is 3.07. The molecule has 0 aromatic heterocycles. The molecule has 1 aliphatic carbocycles. The largest absolute Gasteiger partial charge is 0.454 e. The minimum absolute atomic E-state index is 0.00831. The summed E-state index contributed by atoms with van der Waals surface area (Å²) < 4.78 is 10.7. The van der Waals surface area contributed by atoms with E-state index in [2.05, 4.69) is 10.6 Å². The second kappa shape index (κ2) is 6.26. The summed E-state index contributed by atoms with van der Waals surface area (Å²) in [7, 11) is 0. The van der Waals surface area contributed by atoms with Gasteiger partial charge in [-0.25, -0.2) is 0 Å². The maximum atomic E-state index is 12.9. The highest BCUT2D eigenvalue weighted by atomic mass is 16.7. The van der Waals surface area contributed by atoms with E-state index in [1.54, 1.807) is 6.07 Å². The van der Waals surface area contributed by atoms with Gasteiger partial charge in [0, 0.05) is 17.7 Å². The number of para-hydroxylation sites is 2. The Morgan fingerprint density at radius 1 is 1.07 bits per heavy atom. The van der Waals surface area contributed by atoms with Crippen LogP contribution < -0.4 is 20.1 Å². The minimum atomic E-state index is -0.658. The summed E-state index contributed by atoms with van der Waals surface area (Å²) in [5.41, 5.74) is 3.26. The summed E-state index contributed by atoms with van der Waals surface area (Å²) in [5.74, 6) is 0.774. The van der Waals surface area contributed by atoms with Crippen molar-refractivity contribution < 1.29 is 19.2 Å². The van der Waals surface area contributed by atoms with Crippen LogP contribution in [0.1, 0.15) is 30.9 Å². The second-order valence-corrected chi connectivity index (χ2v) is 6.94. The second-order valence-electron chi connectivity index (χ2n) is 6.94. The number of anilines is 2. The first-order valence-electron chi connectivity index (χ1n) is 9.08. The maximum absolute atomic E-state index is 12.9. The average molecular weight is 379 g/mol. The molecule has 0 saturated heterocycles. The van der Waals surface area contributed by atoms with Gasteiger partial charge >= 0.3 is 0 Å². The molecule has 0 unspecified atom stereocenters. The van der Waals surface area contributed by atoms with E-state index in [0.29, 0.717) is 35.5 Å². The molecule has 2 heterocycles. The number of benzene rings is 2. The van der Waals surface area contributed by atoms with Gasteiger partial charge in [0.1, 0.15) is 0 Å². The molecule has 0 radical (unpaired) electrons. The fourth-order valence-corrected chi connectivity index (χ4v) is 4.01. The van der Waals surface area contributed by atoms with E-state index in [0.717, 1.165) is 23.5 Å². The molecule has 5 rings (SSSR count). The first kappa shape index (κ1) is 16.6. The van der Waals surface area contributed by atoms with Crippen molar-refractivity contribution in [2.75, 3.05) is 17.4 Å². The fraction of sp³-hybridized carbons (Fsp3) is 0.250. The van der Waals surface area contributed by atoms with Crippen molar-refractivity contribution in [3.8, 4) is 11.5 Å². The number of rotatable bonds is 2. The number of carbonyl (C=O) groups excluding carboxylic acids is 1. The summed E-state index contributed by atoms with van der Waals surface area (Å²) in [6.07, 6.45) is 1.89. The Morgan fingerprint density at radius 3 is 2.61 bits per heavy atom. The van der Waals surface area contributed by atoms with Crippen molar-refractivity contribution in [3.63, 3.8) is 0 Å². The number of nitro groups is 1. The molecule has 2 aromatic carbocycles. The highest BCUT2D eigenvalue weighted by molar-refractivity contribution is 6.00. The maximum Gasteiger partial charge on any atom is 0.279 e. The predicted octanol–water partition coefficient (Wildman–Crippen LogP) is 3.91. The smallest absolute Gasteiger partial charge is 0.279 e. The van der Waals surface area contributed by atoms with Crippen molar-refractivity contribution in [2.45, 2.75) is 25.3 Å². The molecule has 2 aromatic rings. The lowest BCUT2D eigenvalue weighted by Crippen LogP contribution is -2.24. The van der Waals surface area contributed by atoms with Gasteiger partial charge in [0.25, 0.3) is 5.69 Å². The number of hydrogen-bond acceptors (Lipinski definition) is 7. The number of ether oxygens (including phenoxy) is 2. The van der Waals surface area contributed by atoms with Gasteiger partial charge in [0.15, 0.2) is 17.3 Å². The molecule has 8 heteroatoms. The summed E-state index contributed by atoms with van der Waals surface area (Å²) in [4.78, 5) is 24.2. The molecule has 0 fully saturated rings. The molecule has 0 amide bonds. The van der Waals surface area contributed by atoms with Gasteiger partial charge in [-0.3, -0.25) is 14.9 Å². The third kappa shape index (κ3) is 2.57. The van der Waals surface area contributed by atoms with E-state index in [4.69, 9.17) is 9.47 Å². The first-order valence-corrected chi connectivity index (χ1v) is 9.08. The molecule has 2 aliphatic heterocycles. The molecule has 28 heavy (non-hydrogen) atoms. The van der Waals surface area contributed by atoms with Crippen LogP contribution in [0.3, 0.4) is 0 Å². The van der Waals surface area contributed by atoms with Crippen LogP contribution in [0, 0.1) is 10.1 Å². The van der Waals surface area contributed by atoms with E-state index in [9.17, 15) is 14.9 Å². The summed E-state index contributed by atoms with van der Waals surface area (Å²) in [5, 5.41) is 18.5. The van der Waals surface area contributed by atoms with Crippen LogP contribution in [0.5, 0.6) is 11.5 Å². The number of nitrogens with zero attached hydrogens (tertiary/aromatic N) is 1. The van der Waals surface area contributed by atoms with Crippen molar-refractivity contribution in [1.29, 1.82) is 0 Å². The zero-order valence-electron chi connectivity index (χ0n) is 14.9. The monoisotopic (exact) mass is 379 g/mol. The van der Waals surface area contributed by atoms with E-state index >= 15 is 0 Å². The normalized spacial score (nSPS) is 19.9. The number of hydrogen-bond donors (Lipinski definition) is 2. The summed E-state index contributed by atoms with van der Waals surface area (Å²) in [6.45, 7) is 0.0191. The van der Waals surface area contributed by atoms with Crippen LogP contribution >= 0.6 is 0 Å². The molecule has 0 spiro atoms. The van der Waals surface area contributed by atoms with Crippen LogP contribution in [0.25, 0.3) is 0 Å². The highest BCUT2D eigenvalue weighted by Crippen LogP contribution is 2.46. The lowest BCUT2D eigenvalue weighted by Gasteiger charge is -2.25. The number of carbonyl (C=O) groups is 1. The quantitative estimate of drug-likeness (QED) is 0.602. The van der Waals surface area contributed by atoms with Crippen molar-refractivity contribution in [1.82, 2.24) is 0 Å². The number of fused-ring (bicyclic) bond motifs is 2. The van der Waals surface area contributed by atoms with Gasteiger partial charge < -0.3 is 20.1 Å². The third-order valence-corrected chi connectivity index (χ3v) is 5.29. The lowest BCUT2D eigenvalue weighted by molar-refractivity contribution is -0.385. The first-order chi connectivity index (χ1) is 13.6. The van der Waals surface area contributed by atoms with Gasteiger partial charge in [0.05, 0.1) is 34.0 Å². The Morgan fingerprint density at radius 2 is 1.82 bits per heavy atom. The molecule has 8 nitrogen and oxygen atoms in total. The molecule has 1 atom stereocenters. The van der Waals surface area contributed by atoms with Crippen LogP contribution in [-0.2, 0) is 4.79 Å². The zero-order chi connectivity index (χ0) is 19.3. The number of allylic oxidation sites excluding steroid dienone is 1. The van der Waals surface area contributed by atoms with Gasteiger partial charge in [-0.2, -0.15) is 0 Å². The molecular formula is C20H17N3O5. The van der Waals surface area contributed by atoms with E-state index < -0.39 is 11.0 Å². The third-order valence-electron chi connectivity index (χ3n) is 5.29. The van der Waals surface area contributed by atoms with Crippen LogP contribution in [0.15, 0.2) is 47.7 Å². The van der Waals surface area contributed by atoms with Gasteiger partial charge in [0.2, 0.25) is 6.79 Å². The van der Waals surface area contributed by atoms with E-state index in [-0.39, 0.29) is 18.3 Å². The number of nitro benzene ring substituents is 1. The summed E-state index contributed by atoms with van der Waals surface area (Å²) >= 11 is 0. The number of Topliss-reactive ketones (excluding diaryl/α,β-unsaturated/α-hetero) is 1. The Balaban J connectivity index is 1.73. The molecule has 2 N–H and O–H groups in total. The van der Waals surface area contributed by atoms with Gasteiger partial charge in [-0.05, 0) is 31.0 Å². The Labute approximate surface area is 160 Å². The molecule has 0 saturated carbocycles. The summed E-state index contributed by atoms with van der Waals surface area (Å²) in [6, 6.07) is 9.91. The van der Waals surface area contributed by atoms with Crippen molar-refractivity contribution in [3.05, 3.63) is 63.3 Å². The minimum Gasteiger partial charge on any atom is -0.454 e. The van der Waals surface area contributed by atoms with Crippen molar-refractivity contribution >= 4 is 22.8 Å². The van der Waals surface area contributed by atoms with E-state index in [1.807, 2.05) is 24.3 Å². The van der Waals surface area contributed by atoms with Gasteiger partial charge in [-0.15, -0.1) is 0 Å². The number of nitrogens with one attached hydrogen (secondary N) is 2. The standard InChI is InChI=1S/C20H17N3O5/c24-16-7-3-6-14-19(16)20(22-13-5-2-1-4-12(13)21-14)11-8-17-18(28-10-27-17)9-15(11)23(25)26/h1-2,4-5,8-9,20-22H,3,6-7,10H2/t20-/m1/s1. The SMILES string of the molecule is O=C1CCCC2=C1[C@@H](c1cc3c(cc1[N+](=O)[O-])OCO3)Nc1ccccc1N2. The fourth-order valence-electron chi connectivity index (χ4n) is 4.01.